The molecule has 2 aromatic carbocycles. The number of nitrogens with zero attached hydrogens (tertiary/aromatic N) is 2. The molecule has 1 unspecified atom stereocenters. The van der Waals surface area contributed by atoms with Crippen molar-refractivity contribution >= 4 is 16.9 Å². The highest BCUT2D eigenvalue weighted by Crippen LogP contribution is 2.47. The van der Waals surface area contributed by atoms with Crippen LogP contribution in [0.3, 0.4) is 0 Å². The van der Waals surface area contributed by atoms with Crippen molar-refractivity contribution < 1.29 is 27.8 Å². The maximum Gasteiger partial charge on any atom is 0.207 e. The molecule has 2 fully saturated rings. The van der Waals surface area contributed by atoms with Crippen LogP contribution in [0.4, 0.5) is 4.39 Å². The number of aryl methyl sites for hydroxylation is 1. The molecule has 37 heavy (non-hydrogen) atoms. The number of hydrogen-bond acceptors (Lipinski definition) is 7. The van der Waals surface area contributed by atoms with Gasteiger partial charge in [-0.25, -0.2) is 9.37 Å². The molecule has 1 saturated heterocycles. The second kappa shape index (κ2) is 11.2. The summed E-state index contributed by atoms with van der Waals surface area (Å²) in [4.78, 5) is 19.9. The Morgan fingerprint density at radius 3 is 2.51 bits per heavy atom. The van der Waals surface area contributed by atoms with E-state index in [-0.39, 0.29) is 17.5 Å². The van der Waals surface area contributed by atoms with Gasteiger partial charge in [-0.3, -0.25) is 9.69 Å². The maximum absolute atomic E-state index is 13.3. The van der Waals surface area contributed by atoms with Crippen LogP contribution < -0.4 is 9.47 Å². The van der Waals surface area contributed by atoms with Crippen LogP contribution in [0.1, 0.15) is 72.3 Å². The smallest absolute Gasteiger partial charge is 0.207 e. The molecule has 198 valence electrons. The molecule has 1 aliphatic heterocycles. The highest BCUT2D eigenvalue weighted by atomic mass is 19.1. The lowest BCUT2D eigenvalue weighted by Crippen LogP contribution is -2.38. The zero-order chi connectivity index (χ0) is 25.9. The number of morpholine rings is 1. The molecule has 7 nitrogen and oxygen atoms in total. The van der Waals surface area contributed by atoms with Crippen molar-refractivity contribution in [1.82, 2.24) is 9.88 Å². The topological polar surface area (TPSA) is 74.0 Å². The van der Waals surface area contributed by atoms with Crippen LogP contribution in [0.2, 0.25) is 0 Å². The third-order valence-corrected chi connectivity index (χ3v) is 7.29. The van der Waals surface area contributed by atoms with E-state index in [9.17, 15) is 9.18 Å². The zero-order valence-corrected chi connectivity index (χ0v) is 21.8. The average molecular weight is 511 g/mol. The molecule has 3 aromatic rings. The number of ether oxygens (including phenoxy) is 3. The fourth-order valence-electron chi connectivity index (χ4n) is 4.85. The van der Waals surface area contributed by atoms with Crippen LogP contribution in [0.25, 0.3) is 11.1 Å². The Morgan fingerprint density at radius 1 is 1.14 bits per heavy atom. The first-order chi connectivity index (χ1) is 17.9. The number of hydrogen-bond donors (Lipinski definition) is 0. The monoisotopic (exact) mass is 510 g/mol. The number of rotatable bonds is 11. The number of halogens is 1. The van der Waals surface area contributed by atoms with E-state index in [2.05, 4.69) is 11.8 Å². The van der Waals surface area contributed by atoms with E-state index < -0.39 is 0 Å². The molecule has 1 aromatic heterocycles. The van der Waals surface area contributed by atoms with Gasteiger partial charge < -0.3 is 18.6 Å². The maximum atomic E-state index is 13.3. The fraction of sp³-hybridized carbons (Fsp3) is 0.517. The second-order valence-electron chi connectivity index (χ2n) is 10.1. The molecule has 0 radical (unpaired) electrons. The summed E-state index contributed by atoms with van der Waals surface area (Å²) in [6.07, 6.45) is 2.81. The number of aromatic nitrogens is 1. The van der Waals surface area contributed by atoms with Crippen molar-refractivity contribution in [2.75, 3.05) is 46.1 Å². The largest absolute Gasteiger partial charge is 0.487 e. The Kier molecular flexibility index (Phi) is 7.76. The van der Waals surface area contributed by atoms with E-state index in [4.69, 9.17) is 23.6 Å². The summed E-state index contributed by atoms with van der Waals surface area (Å²) >= 11 is 0. The Labute approximate surface area is 216 Å². The minimum Gasteiger partial charge on any atom is -0.487 e. The van der Waals surface area contributed by atoms with E-state index in [1.165, 1.54) is 12.1 Å². The van der Waals surface area contributed by atoms with E-state index in [0.29, 0.717) is 72.8 Å². The van der Waals surface area contributed by atoms with Gasteiger partial charge in [-0.15, -0.1) is 0 Å². The molecule has 2 heterocycles. The minimum atomic E-state index is -0.248. The van der Waals surface area contributed by atoms with Crippen molar-refractivity contribution in [1.29, 1.82) is 0 Å². The summed E-state index contributed by atoms with van der Waals surface area (Å²) in [5.74, 6) is 1.71. The zero-order valence-electron chi connectivity index (χ0n) is 21.8. The molecule has 2 aliphatic rings. The summed E-state index contributed by atoms with van der Waals surface area (Å²) in [6.45, 7) is 10.2. The minimum absolute atomic E-state index is 0.0960. The Hall–Kier alpha value is -2.97. The van der Waals surface area contributed by atoms with Gasteiger partial charge in [0.05, 0.1) is 25.4 Å². The summed E-state index contributed by atoms with van der Waals surface area (Å²) < 4.78 is 37.7. The molecule has 0 bridgehead atoms. The molecule has 1 atom stereocenters. The van der Waals surface area contributed by atoms with E-state index >= 15 is 0 Å². The van der Waals surface area contributed by atoms with Crippen molar-refractivity contribution in [3.05, 3.63) is 52.7 Å². The summed E-state index contributed by atoms with van der Waals surface area (Å²) in [5, 5.41) is 0. The van der Waals surface area contributed by atoms with Crippen molar-refractivity contribution in [3.63, 3.8) is 0 Å². The quantitative estimate of drug-likeness (QED) is 0.309. The van der Waals surface area contributed by atoms with Gasteiger partial charge in [-0.05, 0) is 62.3 Å². The van der Waals surface area contributed by atoms with Crippen LogP contribution in [0.5, 0.6) is 11.5 Å². The third-order valence-electron chi connectivity index (χ3n) is 7.29. The average Bonchev–Trinajstić information content (AvgIpc) is 3.64. The number of carbonyl (C=O) groups excluding carboxylic acids is 1. The Morgan fingerprint density at radius 2 is 1.84 bits per heavy atom. The molecule has 5 rings (SSSR count). The van der Waals surface area contributed by atoms with Crippen LogP contribution in [-0.4, -0.2) is 61.7 Å². The first-order valence-electron chi connectivity index (χ1n) is 13.2. The van der Waals surface area contributed by atoms with Crippen LogP contribution in [0, 0.1) is 12.7 Å². The predicted molar refractivity (Wildman–Crippen MR) is 138 cm³/mol. The summed E-state index contributed by atoms with van der Waals surface area (Å²) in [7, 11) is 0. The molecular formula is C29H35FN2O5. The number of fused-ring (bicyclic) bond motifs is 1. The number of carbonyl (C=O) groups is 1. The Balaban J connectivity index is 1.42. The highest BCUT2D eigenvalue weighted by Gasteiger charge is 2.33. The molecule has 8 heteroatoms. The molecule has 0 N–H and O–H groups in total. The first kappa shape index (κ1) is 25.7. The lowest BCUT2D eigenvalue weighted by molar-refractivity contribution is 0.0320. The molecule has 0 amide bonds. The Bertz CT molecular complexity index is 1250. The van der Waals surface area contributed by atoms with Crippen LogP contribution >= 0.6 is 0 Å². The van der Waals surface area contributed by atoms with Crippen molar-refractivity contribution in [3.8, 4) is 11.5 Å². The lowest BCUT2D eigenvalue weighted by Gasteiger charge is -2.26. The fourth-order valence-corrected chi connectivity index (χ4v) is 4.85. The summed E-state index contributed by atoms with van der Waals surface area (Å²) in [6, 6.07) is 6.56. The van der Waals surface area contributed by atoms with Gasteiger partial charge >= 0.3 is 0 Å². The van der Waals surface area contributed by atoms with Gasteiger partial charge in [0.1, 0.15) is 17.9 Å². The first-order valence-corrected chi connectivity index (χ1v) is 13.2. The standard InChI is InChI=1S/C29H35FN2O5/c1-18(21-6-8-23(30)9-7-21)10-14-35-28-26(36-17-13-32-11-15-34-16-12-32)24(20(3)33)19(2)25-27(28)37-29(31-25)22-4-5-22/h6-9,18,22H,4-5,10-17H2,1-3H3. The summed E-state index contributed by atoms with van der Waals surface area (Å²) in [5.41, 5.74) is 3.49. The van der Waals surface area contributed by atoms with Gasteiger partial charge in [0.25, 0.3) is 0 Å². The third kappa shape index (κ3) is 5.80. The van der Waals surface area contributed by atoms with E-state index in [1.807, 2.05) is 6.92 Å². The SMILES string of the molecule is CC(=O)c1c(OCCN2CCOCC2)c(OCCC(C)c2ccc(F)cc2)c2oc(C3CC3)nc2c1C. The molecular weight excluding hydrogens is 475 g/mol. The number of Topliss-reactive ketones (excluding diaryl/α,β-unsaturated/α-hetero) is 1. The van der Waals surface area contributed by atoms with E-state index in [0.717, 1.165) is 43.6 Å². The molecule has 0 spiro atoms. The van der Waals surface area contributed by atoms with Gasteiger partial charge in [0, 0.05) is 25.6 Å². The van der Waals surface area contributed by atoms with Gasteiger partial charge in [-0.1, -0.05) is 19.1 Å². The number of benzene rings is 2. The van der Waals surface area contributed by atoms with Gasteiger partial charge in [0.15, 0.2) is 17.4 Å². The molecule has 1 saturated carbocycles. The normalized spacial score (nSPS) is 17.2. The van der Waals surface area contributed by atoms with Gasteiger partial charge in [-0.2, -0.15) is 0 Å². The van der Waals surface area contributed by atoms with Crippen LogP contribution in [0.15, 0.2) is 28.7 Å². The predicted octanol–water partition coefficient (Wildman–Crippen LogP) is 5.64. The van der Waals surface area contributed by atoms with Crippen molar-refractivity contribution in [2.24, 2.45) is 0 Å². The number of ketones is 1. The van der Waals surface area contributed by atoms with Crippen LogP contribution in [-0.2, 0) is 4.74 Å². The van der Waals surface area contributed by atoms with Crippen molar-refractivity contribution in [2.45, 2.75) is 51.9 Å². The highest BCUT2D eigenvalue weighted by molar-refractivity contribution is 6.05. The molecule has 1 aliphatic carbocycles. The number of oxazole rings is 1. The van der Waals surface area contributed by atoms with Gasteiger partial charge in [0.2, 0.25) is 11.3 Å². The van der Waals surface area contributed by atoms with E-state index in [1.54, 1.807) is 19.1 Å². The second-order valence-corrected chi connectivity index (χ2v) is 10.1. The lowest BCUT2D eigenvalue weighted by atomic mass is 9.98.